The summed E-state index contributed by atoms with van der Waals surface area (Å²) in [5.41, 5.74) is 0. The van der Waals surface area contributed by atoms with Gasteiger partial charge in [0.05, 0.1) is 0 Å². The number of hydrogen-bond acceptors (Lipinski definition) is 1. The fourth-order valence-corrected chi connectivity index (χ4v) is 2.68. The molecule has 1 saturated carbocycles. The van der Waals surface area contributed by atoms with Crippen molar-refractivity contribution in [3.63, 3.8) is 0 Å². The second-order valence-electron chi connectivity index (χ2n) is 4.79. The number of terminal acetylenes is 1. The topological polar surface area (TPSA) is 12.0 Å². The van der Waals surface area contributed by atoms with E-state index in [0.717, 1.165) is 5.92 Å². The van der Waals surface area contributed by atoms with Gasteiger partial charge in [-0.05, 0) is 25.2 Å². The molecule has 1 rings (SSSR count). The van der Waals surface area contributed by atoms with Gasteiger partial charge in [0.15, 0.2) is 0 Å². The van der Waals surface area contributed by atoms with Crippen LogP contribution in [0.3, 0.4) is 0 Å². The van der Waals surface area contributed by atoms with Gasteiger partial charge in [-0.2, -0.15) is 0 Å². The predicted molar refractivity (Wildman–Crippen MR) is 66.5 cm³/mol. The van der Waals surface area contributed by atoms with E-state index in [9.17, 15) is 0 Å². The summed E-state index contributed by atoms with van der Waals surface area (Å²) in [4.78, 5) is 0. The Labute approximate surface area is 95.0 Å². The minimum Gasteiger partial charge on any atom is -0.343 e. The molecule has 1 heteroatoms. The van der Waals surface area contributed by atoms with Gasteiger partial charge in [0, 0.05) is 12.1 Å². The van der Waals surface area contributed by atoms with Gasteiger partial charge in [-0.1, -0.05) is 51.9 Å². The van der Waals surface area contributed by atoms with E-state index < -0.39 is 0 Å². The summed E-state index contributed by atoms with van der Waals surface area (Å²) >= 11 is 0. The minimum absolute atomic E-state index is 0.585. The molecule has 1 fully saturated rings. The largest absolute Gasteiger partial charge is 0.343 e. The molecular formula is C14H25N. The van der Waals surface area contributed by atoms with Crippen molar-refractivity contribution < 1.29 is 0 Å². The maximum absolute atomic E-state index is 5.38. The number of nitrogens with one attached hydrogen (secondary N) is 1. The first-order valence-corrected chi connectivity index (χ1v) is 6.59. The van der Waals surface area contributed by atoms with Crippen LogP contribution >= 0.6 is 0 Å². The van der Waals surface area contributed by atoms with Gasteiger partial charge in [-0.25, -0.2) is 0 Å². The highest BCUT2D eigenvalue weighted by molar-refractivity contribution is 4.89. The summed E-state index contributed by atoms with van der Waals surface area (Å²) in [6, 6.07) is 3.23. The van der Waals surface area contributed by atoms with Crippen LogP contribution in [0.5, 0.6) is 0 Å². The Hall–Kier alpha value is -0.640. The summed E-state index contributed by atoms with van der Waals surface area (Å²) in [7, 11) is 0. The average Bonchev–Trinajstić information content (AvgIpc) is 2.29. The van der Waals surface area contributed by atoms with Gasteiger partial charge in [-0.15, -0.1) is 0 Å². The van der Waals surface area contributed by atoms with Crippen LogP contribution in [0.4, 0.5) is 0 Å². The van der Waals surface area contributed by atoms with Crippen molar-refractivity contribution in [1.29, 1.82) is 0 Å². The van der Waals surface area contributed by atoms with Gasteiger partial charge in [0.25, 0.3) is 0 Å². The highest BCUT2D eigenvalue weighted by atomic mass is 14.9. The molecule has 1 unspecified atom stereocenters. The van der Waals surface area contributed by atoms with Gasteiger partial charge in [-0.3, -0.25) is 0 Å². The maximum atomic E-state index is 5.38. The molecule has 0 saturated heterocycles. The molecule has 0 bridgehead atoms. The predicted octanol–water partition coefficient (Wildman–Crippen LogP) is 3.70. The third-order valence-electron chi connectivity index (χ3n) is 3.61. The van der Waals surface area contributed by atoms with Crippen LogP contribution in [0.25, 0.3) is 0 Å². The fraction of sp³-hybridized carbons (Fsp3) is 0.857. The van der Waals surface area contributed by atoms with E-state index in [1.54, 1.807) is 0 Å². The van der Waals surface area contributed by atoms with Crippen molar-refractivity contribution in [2.45, 2.75) is 70.8 Å². The second kappa shape index (κ2) is 7.63. The Morgan fingerprint density at radius 3 is 2.60 bits per heavy atom. The van der Waals surface area contributed by atoms with Gasteiger partial charge >= 0.3 is 0 Å². The summed E-state index contributed by atoms with van der Waals surface area (Å²) in [6.45, 7) is 2.25. The van der Waals surface area contributed by atoms with Crippen LogP contribution in [-0.4, -0.2) is 6.04 Å². The number of unbranched alkanes of at least 4 members (excludes halogenated alkanes) is 2. The van der Waals surface area contributed by atoms with Gasteiger partial charge < -0.3 is 5.32 Å². The third-order valence-corrected chi connectivity index (χ3v) is 3.61. The molecule has 0 aromatic heterocycles. The minimum atomic E-state index is 0.585. The highest BCUT2D eigenvalue weighted by Gasteiger charge is 2.22. The van der Waals surface area contributed by atoms with Crippen molar-refractivity contribution in [3.8, 4) is 12.5 Å². The summed E-state index contributed by atoms with van der Waals surface area (Å²) in [5, 5.41) is 3.24. The van der Waals surface area contributed by atoms with Crippen molar-refractivity contribution in [1.82, 2.24) is 5.32 Å². The Balaban J connectivity index is 2.30. The van der Waals surface area contributed by atoms with Crippen molar-refractivity contribution in [3.05, 3.63) is 0 Å². The monoisotopic (exact) mass is 207 g/mol. The molecule has 0 aliphatic heterocycles. The molecule has 0 radical (unpaired) electrons. The third kappa shape index (κ3) is 4.60. The first kappa shape index (κ1) is 12.4. The Kier molecular flexibility index (Phi) is 6.32. The Morgan fingerprint density at radius 2 is 2.00 bits per heavy atom. The molecule has 0 aromatic carbocycles. The molecule has 1 aliphatic carbocycles. The second-order valence-corrected chi connectivity index (χ2v) is 4.79. The highest BCUT2D eigenvalue weighted by Crippen LogP contribution is 2.28. The van der Waals surface area contributed by atoms with Crippen LogP contribution < -0.4 is 5.32 Å². The summed E-state index contributed by atoms with van der Waals surface area (Å²) in [6.07, 6.45) is 17.6. The lowest BCUT2D eigenvalue weighted by Gasteiger charge is -2.29. The van der Waals surface area contributed by atoms with Crippen LogP contribution in [0.15, 0.2) is 0 Å². The molecule has 15 heavy (non-hydrogen) atoms. The van der Waals surface area contributed by atoms with E-state index >= 15 is 0 Å². The van der Waals surface area contributed by atoms with E-state index in [1.807, 2.05) is 0 Å². The quantitative estimate of drug-likeness (QED) is 0.398. The van der Waals surface area contributed by atoms with E-state index in [0.29, 0.717) is 6.04 Å². The molecule has 0 amide bonds. The smallest absolute Gasteiger partial charge is 0.0368 e. The summed E-state index contributed by atoms with van der Waals surface area (Å²) < 4.78 is 0. The van der Waals surface area contributed by atoms with E-state index in [4.69, 9.17) is 6.42 Å². The van der Waals surface area contributed by atoms with Gasteiger partial charge in [0.2, 0.25) is 0 Å². The van der Waals surface area contributed by atoms with Crippen LogP contribution in [0, 0.1) is 18.4 Å². The van der Waals surface area contributed by atoms with E-state index in [-0.39, 0.29) is 0 Å². The first-order valence-electron chi connectivity index (χ1n) is 6.59. The van der Waals surface area contributed by atoms with Crippen molar-refractivity contribution >= 4 is 0 Å². The molecule has 1 aliphatic rings. The van der Waals surface area contributed by atoms with E-state index in [2.05, 4.69) is 18.3 Å². The zero-order valence-corrected chi connectivity index (χ0v) is 10.1. The van der Waals surface area contributed by atoms with Crippen molar-refractivity contribution in [2.75, 3.05) is 0 Å². The molecule has 1 nitrogen and oxygen atoms in total. The summed E-state index contributed by atoms with van der Waals surface area (Å²) in [5.74, 6) is 0.839. The lowest BCUT2D eigenvalue weighted by Crippen LogP contribution is -2.34. The zero-order valence-electron chi connectivity index (χ0n) is 10.1. The van der Waals surface area contributed by atoms with Crippen LogP contribution in [-0.2, 0) is 0 Å². The van der Waals surface area contributed by atoms with Crippen molar-refractivity contribution in [2.24, 2.45) is 5.92 Å². The molecule has 0 aromatic rings. The standard InChI is InChI=1S/C14H25N/c1-3-5-7-12-14(15-4-2)13-10-8-6-9-11-13/h2,13-15H,3,5-12H2,1H3. The fourth-order valence-electron chi connectivity index (χ4n) is 2.68. The molecule has 1 atom stereocenters. The maximum Gasteiger partial charge on any atom is 0.0368 e. The molecule has 0 spiro atoms. The molecule has 86 valence electrons. The molecule has 1 N–H and O–H groups in total. The molecule has 0 heterocycles. The van der Waals surface area contributed by atoms with Crippen LogP contribution in [0.1, 0.15) is 64.7 Å². The zero-order chi connectivity index (χ0) is 10.9. The average molecular weight is 207 g/mol. The lowest BCUT2D eigenvalue weighted by molar-refractivity contribution is 0.272. The van der Waals surface area contributed by atoms with E-state index in [1.165, 1.54) is 57.8 Å². The Bertz CT molecular complexity index is 186. The molecular weight excluding hydrogens is 182 g/mol. The lowest BCUT2D eigenvalue weighted by atomic mass is 9.82. The SMILES string of the molecule is C#CNC(CCCCC)C1CCCCC1. The normalized spacial score (nSPS) is 19.5. The number of hydrogen-bond donors (Lipinski definition) is 1. The van der Waals surface area contributed by atoms with Gasteiger partial charge in [0.1, 0.15) is 0 Å². The van der Waals surface area contributed by atoms with Crippen LogP contribution in [0.2, 0.25) is 0 Å². The number of rotatable bonds is 6. The first-order chi connectivity index (χ1) is 7.38. The Morgan fingerprint density at radius 1 is 1.27 bits per heavy atom.